The summed E-state index contributed by atoms with van der Waals surface area (Å²) in [6, 6.07) is 6.60. The van der Waals surface area contributed by atoms with Gasteiger partial charge in [0, 0.05) is 17.7 Å². The molecule has 8 nitrogen and oxygen atoms in total. The third kappa shape index (κ3) is 3.25. The van der Waals surface area contributed by atoms with E-state index in [1.807, 2.05) is 0 Å². The first-order chi connectivity index (χ1) is 13.5. The molecular weight excluding hydrogens is 368 g/mol. The molecule has 8 heteroatoms. The lowest BCUT2D eigenvalue weighted by molar-refractivity contribution is -0.0711. The molecule has 3 atom stereocenters. The van der Waals surface area contributed by atoms with Gasteiger partial charge in [0.25, 0.3) is 0 Å². The molecule has 2 N–H and O–H groups in total. The second-order valence-electron chi connectivity index (χ2n) is 6.17. The normalized spacial score (nSPS) is 20.6. The number of aliphatic hydroxyl groups excluding tert-OH is 2. The minimum absolute atomic E-state index is 0.354. The molecule has 0 unspecified atom stereocenters. The van der Waals surface area contributed by atoms with E-state index >= 15 is 0 Å². The zero-order valence-corrected chi connectivity index (χ0v) is 16.4. The van der Waals surface area contributed by atoms with Gasteiger partial charge in [0.05, 0.1) is 41.1 Å². The predicted molar refractivity (Wildman–Crippen MR) is 100.0 cm³/mol. The fourth-order valence-electron chi connectivity index (χ4n) is 3.33. The van der Waals surface area contributed by atoms with E-state index in [0.717, 1.165) is 0 Å². The van der Waals surface area contributed by atoms with Crippen molar-refractivity contribution in [2.45, 2.75) is 18.3 Å². The van der Waals surface area contributed by atoms with E-state index in [1.165, 1.54) is 35.5 Å². The Kier molecular flexibility index (Phi) is 5.71. The third-order valence-electron chi connectivity index (χ3n) is 4.73. The van der Waals surface area contributed by atoms with Crippen LogP contribution in [0.4, 0.5) is 0 Å². The molecule has 0 saturated carbocycles. The molecule has 0 bridgehead atoms. The van der Waals surface area contributed by atoms with Crippen molar-refractivity contribution in [1.82, 2.24) is 0 Å². The van der Waals surface area contributed by atoms with Gasteiger partial charge in [-0.2, -0.15) is 0 Å². The summed E-state index contributed by atoms with van der Waals surface area (Å²) >= 11 is 0. The number of fused-ring (bicyclic) bond motifs is 1. The second kappa shape index (κ2) is 8.04. The van der Waals surface area contributed by atoms with Crippen LogP contribution in [0.3, 0.4) is 0 Å². The molecule has 1 heterocycles. The molecule has 0 fully saturated rings. The third-order valence-corrected chi connectivity index (χ3v) is 4.73. The van der Waals surface area contributed by atoms with Crippen LogP contribution < -0.4 is 28.4 Å². The van der Waals surface area contributed by atoms with E-state index in [9.17, 15) is 10.2 Å². The predicted octanol–water partition coefficient (Wildman–Crippen LogP) is 2.26. The smallest absolute Gasteiger partial charge is 0.203 e. The van der Waals surface area contributed by atoms with E-state index in [2.05, 4.69) is 0 Å². The molecule has 3 rings (SSSR count). The lowest BCUT2D eigenvalue weighted by atomic mass is 9.91. The molecule has 1 aliphatic rings. The maximum Gasteiger partial charge on any atom is 0.203 e. The molecule has 1 aliphatic heterocycles. The Balaban J connectivity index is 2.11. The lowest BCUT2D eigenvalue weighted by Gasteiger charge is -2.35. The lowest BCUT2D eigenvalue weighted by Crippen LogP contribution is -2.34. The average molecular weight is 392 g/mol. The van der Waals surface area contributed by atoms with Crippen molar-refractivity contribution in [3.63, 3.8) is 0 Å². The SMILES string of the molecule is COc1cc(OC)c2c(c1)O[C@@H](c1cc(OC)c(OC)c(OC)c1)[C@H](O)[C@H]2O. The minimum atomic E-state index is -1.25. The van der Waals surface area contributed by atoms with Gasteiger partial charge < -0.3 is 38.6 Å². The molecule has 0 saturated heterocycles. The first kappa shape index (κ1) is 19.9. The fraction of sp³-hybridized carbons (Fsp3) is 0.400. The zero-order chi connectivity index (χ0) is 20.4. The minimum Gasteiger partial charge on any atom is -0.496 e. The van der Waals surface area contributed by atoms with Gasteiger partial charge in [0.15, 0.2) is 17.6 Å². The Labute approximate surface area is 163 Å². The standard InChI is InChI=1S/C20H24O8/c1-23-11-8-12(24-2)16-13(9-11)28-19(18(22)17(16)21)10-6-14(25-3)20(27-5)15(7-10)26-4/h6-9,17-19,21-22H,1-5H3/t17-,18+,19-/m0/s1. The van der Waals surface area contributed by atoms with Crippen LogP contribution in [0.15, 0.2) is 24.3 Å². The van der Waals surface area contributed by atoms with Crippen LogP contribution in [0.2, 0.25) is 0 Å². The second-order valence-corrected chi connectivity index (χ2v) is 6.17. The topological polar surface area (TPSA) is 95.8 Å². The largest absolute Gasteiger partial charge is 0.496 e. The van der Waals surface area contributed by atoms with Crippen LogP contribution in [0.1, 0.15) is 23.3 Å². The Morgan fingerprint density at radius 1 is 0.750 bits per heavy atom. The number of benzene rings is 2. The van der Waals surface area contributed by atoms with Crippen LogP contribution in [-0.2, 0) is 0 Å². The molecule has 0 aliphatic carbocycles. The molecule has 152 valence electrons. The summed E-state index contributed by atoms with van der Waals surface area (Å²) in [6.45, 7) is 0. The number of ether oxygens (including phenoxy) is 6. The van der Waals surface area contributed by atoms with Crippen molar-refractivity contribution in [1.29, 1.82) is 0 Å². The highest BCUT2D eigenvalue weighted by molar-refractivity contribution is 5.57. The van der Waals surface area contributed by atoms with Gasteiger partial charge in [-0.05, 0) is 12.1 Å². The quantitative estimate of drug-likeness (QED) is 0.773. The molecular formula is C20H24O8. The number of hydrogen-bond donors (Lipinski definition) is 2. The molecule has 2 aromatic carbocycles. The van der Waals surface area contributed by atoms with Crippen LogP contribution in [0, 0.1) is 0 Å². The Morgan fingerprint density at radius 3 is 1.86 bits per heavy atom. The van der Waals surface area contributed by atoms with Gasteiger partial charge >= 0.3 is 0 Å². The first-order valence-corrected chi connectivity index (χ1v) is 8.57. The van der Waals surface area contributed by atoms with E-state index in [0.29, 0.717) is 45.6 Å². The molecule has 0 radical (unpaired) electrons. The van der Waals surface area contributed by atoms with Crippen molar-refractivity contribution in [3.05, 3.63) is 35.4 Å². The first-order valence-electron chi connectivity index (χ1n) is 8.57. The molecule has 0 amide bonds. The van der Waals surface area contributed by atoms with E-state index in [-0.39, 0.29) is 0 Å². The summed E-state index contributed by atoms with van der Waals surface area (Å²) in [7, 11) is 7.49. The zero-order valence-electron chi connectivity index (χ0n) is 16.4. The number of aliphatic hydroxyl groups is 2. The van der Waals surface area contributed by atoms with Gasteiger partial charge in [-0.25, -0.2) is 0 Å². The number of hydrogen-bond acceptors (Lipinski definition) is 8. The molecule has 0 spiro atoms. The number of methoxy groups -OCH3 is 5. The van der Waals surface area contributed by atoms with Crippen molar-refractivity contribution >= 4 is 0 Å². The molecule has 0 aromatic heterocycles. The Hall–Kier alpha value is -2.84. The molecule has 2 aromatic rings. The maximum absolute atomic E-state index is 10.8. The van der Waals surface area contributed by atoms with Crippen molar-refractivity contribution < 1.29 is 38.6 Å². The summed E-state index contributed by atoms with van der Waals surface area (Å²) in [5.41, 5.74) is 0.910. The van der Waals surface area contributed by atoms with Gasteiger partial charge in [-0.1, -0.05) is 0 Å². The van der Waals surface area contributed by atoms with Gasteiger partial charge in [0.1, 0.15) is 29.5 Å². The summed E-state index contributed by atoms with van der Waals surface area (Å²) in [4.78, 5) is 0. The van der Waals surface area contributed by atoms with E-state index < -0.39 is 18.3 Å². The van der Waals surface area contributed by atoms with Crippen molar-refractivity contribution in [2.75, 3.05) is 35.5 Å². The van der Waals surface area contributed by atoms with Crippen LogP contribution in [0.25, 0.3) is 0 Å². The van der Waals surface area contributed by atoms with Crippen molar-refractivity contribution in [2.24, 2.45) is 0 Å². The van der Waals surface area contributed by atoms with Crippen LogP contribution in [-0.4, -0.2) is 51.9 Å². The summed E-state index contributed by atoms with van der Waals surface area (Å²) in [6.07, 6.45) is -3.36. The molecule has 28 heavy (non-hydrogen) atoms. The highest BCUT2D eigenvalue weighted by atomic mass is 16.5. The Morgan fingerprint density at radius 2 is 1.36 bits per heavy atom. The van der Waals surface area contributed by atoms with E-state index in [1.54, 1.807) is 24.3 Å². The van der Waals surface area contributed by atoms with Crippen LogP contribution in [0.5, 0.6) is 34.5 Å². The van der Waals surface area contributed by atoms with Gasteiger partial charge in [-0.15, -0.1) is 0 Å². The van der Waals surface area contributed by atoms with Gasteiger partial charge in [-0.3, -0.25) is 0 Å². The van der Waals surface area contributed by atoms with Crippen molar-refractivity contribution in [3.8, 4) is 34.5 Å². The van der Waals surface area contributed by atoms with Crippen LogP contribution >= 0.6 is 0 Å². The maximum atomic E-state index is 10.8. The number of rotatable bonds is 6. The summed E-state index contributed by atoms with van der Waals surface area (Å²) < 4.78 is 32.7. The van der Waals surface area contributed by atoms with Gasteiger partial charge in [0.2, 0.25) is 5.75 Å². The summed E-state index contributed by atoms with van der Waals surface area (Å²) in [5, 5.41) is 21.5. The summed E-state index contributed by atoms with van der Waals surface area (Å²) in [5.74, 6) is 2.47. The Bertz CT molecular complexity index is 825. The monoisotopic (exact) mass is 392 g/mol. The highest BCUT2D eigenvalue weighted by Crippen LogP contribution is 2.49. The van der Waals surface area contributed by atoms with E-state index in [4.69, 9.17) is 28.4 Å². The average Bonchev–Trinajstić information content (AvgIpc) is 2.73. The fourth-order valence-corrected chi connectivity index (χ4v) is 3.33. The highest BCUT2D eigenvalue weighted by Gasteiger charge is 2.40.